The normalized spacial score (nSPS) is 11.9. The number of ether oxygens (including phenoxy) is 1. The first-order valence-corrected chi connectivity index (χ1v) is 8.76. The van der Waals surface area contributed by atoms with E-state index in [4.69, 9.17) is 4.74 Å². The van der Waals surface area contributed by atoms with Gasteiger partial charge in [-0.25, -0.2) is 4.98 Å². The van der Waals surface area contributed by atoms with Gasteiger partial charge in [-0.15, -0.1) is 0 Å². The molecule has 0 spiro atoms. The Hall–Kier alpha value is -3.22. The second-order valence-corrected chi connectivity index (χ2v) is 6.50. The highest BCUT2D eigenvalue weighted by molar-refractivity contribution is 6.10. The predicted molar refractivity (Wildman–Crippen MR) is 104 cm³/mol. The quantitative estimate of drug-likeness (QED) is 0.506. The Bertz CT molecular complexity index is 1160. The van der Waals surface area contributed by atoms with Crippen molar-refractivity contribution in [2.75, 3.05) is 19.0 Å². The molecule has 0 saturated carbocycles. The second-order valence-electron chi connectivity index (χ2n) is 6.50. The average molecular weight is 385 g/mol. The summed E-state index contributed by atoms with van der Waals surface area (Å²) >= 11 is 0. The van der Waals surface area contributed by atoms with E-state index in [1.165, 1.54) is 6.07 Å². The smallest absolute Gasteiger partial charge is 0.422 e. The molecule has 0 radical (unpaired) electrons. The Balaban J connectivity index is 2.00. The molecule has 28 heavy (non-hydrogen) atoms. The van der Waals surface area contributed by atoms with Gasteiger partial charge in [0.05, 0.1) is 5.52 Å². The van der Waals surface area contributed by atoms with Crippen molar-refractivity contribution in [1.29, 1.82) is 0 Å². The van der Waals surface area contributed by atoms with E-state index in [1.54, 1.807) is 13.1 Å². The molecule has 1 N–H and O–H groups in total. The molecular weight excluding hydrogens is 367 g/mol. The summed E-state index contributed by atoms with van der Waals surface area (Å²) in [5, 5.41) is 4.64. The lowest BCUT2D eigenvalue weighted by molar-refractivity contribution is -0.153. The predicted octanol–water partition coefficient (Wildman–Crippen LogP) is 5.47. The maximum atomic E-state index is 12.7. The first kappa shape index (κ1) is 18.2. The molecule has 7 heteroatoms. The lowest BCUT2D eigenvalue weighted by Crippen LogP contribution is -2.19. The topological polar surface area (TPSA) is 39.1 Å². The number of hydrogen-bond donors (Lipinski definition) is 1. The summed E-state index contributed by atoms with van der Waals surface area (Å²) in [6.07, 6.45) is -2.47. The van der Waals surface area contributed by atoms with Crippen LogP contribution in [0.1, 0.15) is 5.56 Å². The molecule has 2 heterocycles. The molecule has 0 saturated heterocycles. The van der Waals surface area contributed by atoms with Crippen LogP contribution in [0.4, 0.5) is 19.0 Å². The number of aryl methyl sites for hydroxylation is 1. The van der Waals surface area contributed by atoms with Gasteiger partial charge in [-0.05, 0) is 30.7 Å². The van der Waals surface area contributed by atoms with Gasteiger partial charge in [0.1, 0.15) is 17.1 Å². The number of nitrogens with zero attached hydrogens (tertiary/aromatic N) is 2. The molecule has 0 atom stereocenters. The van der Waals surface area contributed by atoms with Crippen LogP contribution < -0.4 is 10.1 Å². The van der Waals surface area contributed by atoms with Crippen LogP contribution in [0, 0.1) is 6.92 Å². The van der Waals surface area contributed by atoms with Crippen molar-refractivity contribution >= 4 is 27.6 Å². The Morgan fingerprint density at radius 3 is 2.54 bits per heavy atom. The zero-order chi connectivity index (χ0) is 19.9. The van der Waals surface area contributed by atoms with Gasteiger partial charge >= 0.3 is 6.18 Å². The molecule has 144 valence electrons. The third kappa shape index (κ3) is 3.13. The van der Waals surface area contributed by atoms with Gasteiger partial charge in [-0.3, -0.25) is 0 Å². The molecule has 2 aromatic carbocycles. The van der Waals surface area contributed by atoms with Crippen molar-refractivity contribution in [3.63, 3.8) is 0 Å². The number of halogens is 3. The summed E-state index contributed by atoms with van der Waals surface area (Å²) in [7, 11) is 1.73. The number of rotatable bonds is 4. The number of alkyl halides is 3. The first-order chi connectivity index (χ1) is 13.4. The Morgan fingerprint density at radius 2 is 1.82 bits per heavy atom. The lowest BCUT2D eigenvalue weighted by Gasteiger charge is -2.15. The molecule has 0 aliphatic heterocycles. The number of hydrogen-bond acceptors (Lipinski definition) is 3. The van der Waals surface area contributed by atoms with Crippen molar-refractivity contribution in [3.05, 3.63) is 60.3 Å². The number of para-hydroxylation sites is 2. The van der Waals surface area contributed by atoms with Gasteiger partial charge < -0.3 is 14.6 Å². The van der Waals surface area contributed by atoms with E-state index in [-0.39, 0.29) is 5.75 Å². The molecule has 0 bridgehead atoms. The Kier molecular flexibility index (Phi) is 4.37. The van der Waals surface area contributed by atoms with Crippen LogP contribution in [-0.4, -0.2) is 29.4 Å². The van der Waals surface area contributed by atoms with Gasteiger partial charge in [0.25, 0.3) is 0 Å². The van der Waals surface area contributed by atoms with Crippen LogP contribution >= 0.6 is 0 Å². The van der Waals surface area contributed by atoms with Crippen LogP contribution in [0.25, 0.3) is 27.5 Å². The fourth-order valence-electron chi connectivity index (χ4n) is 3.40. The molecule has 0 amide bonds. The molecule has 0 aliphatic carbocycles. The molecule has 0 aliphatic rings. The molecule has 4 rings (SSSR count). The number of fused-ring (bicyclic) bond motifs is 3. The summed E-state index contributed by atoms with van der Waals surface area (Å²) in [4.78, 5) is 4.54. The van der Waals surface area contributed by atoms with Gasteiger partial charge in [0.2, 0.25) is 0 Å². The van der Waals surface area contributed by atoms with Gasteiger partial charge in [0.15, 0.2) is 6.61 Å². The Morgan fingerprint density at radius 1 is 1.04 bits per heavy atom. The Labute approximate surface area is 159 Å². The van der Waals surface area contributed by atoms with E-state index in [2.05, 4.69) is 10.3 Å². The van der Waals surface area contributed by atoms with Crippen LogP contribution in [0.5, 0.6) is 5.75 Å². The van der Waals surface area contributed by atoms with E-state index >= 15 is 0 Å². The third-order valence-corrected chi connectivity index (χ3v) is 4.62. The summed E-state index contributed by atoms with van der Waals surface area (Å²) in [5.41, 5.74) is 3.33. The zero-order valence-corrected chi connectivity index (χ0v) is 15.3. The summed E-state index contributed by atoms with van der Waals surface area (Å²) < 4.78 is 45.1. The average Bonchev–Trinajstić information content (AvgIpc) is 3.10. The van der Waals surface area contributed by atoms with Crippen molar-refractivity contribution in [3.8, 4) is 11.4 Å². The summed E-state index contributed by atoms with van der Waals surface area (Å²) in [6, 6.07) is 14.9. The van der Waals surface area contributed by atoms with E-state index in [1.807, 2.05) is 54.1 Å². The maximum Gasteiger partial charge on any atom is 0.422 e. The van der Waals surface area contributed by atoms with Crippen molar-refractivity contribution in [2.24, 2.45) is 0 Å². The van der Waals surface area contributed by atoms with Crippen molar-refractivity contribution in [2.45, 2.75) is 13.1 Å². The molecule has 0 fully saturated rings. The summed E-state index contributed by atoms with van der Waals surface area (Å²) in [5.74, 6) is 0.684. The van der Waals surface area contributed by atoms with E-state index < -0.39 is 12.8 Å². The fraction of sp³-hybridized carbons (Fsp3) is 0.190. The lowest BCUT2D eigenvalue weighted by atomic mass is 10.1. The number of aromatic nitrogens is 2. The maximum absolute atomic E-state index is 12.7. The van der Waals surface area contributed by atoms with E-state index in [0.29, 0.717) is 11.3 Å². The first-order valence-electron chi connectivity index (χ1n) is 8.76. The molecule has 4 aromatic rings. The van der Waals surface area contributed by atoms with E-state index in [9.17, 15) is 13.2 Å². The molecule has 4 nitrogen and oxygen atoms in total. The monoisotopic (exact) mass is 385 g/mol. The molecule has 2 aromatic heterocycles. The van der Waals surface area contributed by atoms with Crippen LogP contribution in [-0.2, 0) is 0 Å². The molecular formula is C21H18F3N3O. The summed E-state index contributed by atoms with van der Waals surface area (Å²) in [6.45, 7) is 0.654. The minimum absolute atomic E-state index is 0.103. The minimum atomic E-state index is -4.42. The number of nitrogens with one attached hydrogen (secondary N) is 1. The highest BCUT2D eigenvalue weighted by atomic mass is 19.4. The zero-order valence-electron chi connectivity index (χ0n) is 15.3. The van der Waals surface area contributed by atoms with Gasteiger partial charge in [0, 0.05) is 29.7 Å². The standard InChI is InChI=1S/C21H18F3N3O/c1-13-6-3-4-8-16(13)27-11-10-15-19(27)14-7-5-9-17(28-12-21(22,23)24)18(14)26-20(15)25-2/h3-11H,12H2,1-2H3,(H,25,26). The number of anilines is 1. The third-order valence-electron chi connectivity index (χ3n) is 4.62. The highest BCUT2D eigenvalue weighted by Crippen LogP contribution is 2.36. The number of benzene rings is 2. The largest absolute Gasteiger partial charge is 0.482 e. The van der Waals surface area contributed by atoms with Gasteiger partial charge in [-0.2, -0.15) is 13.2 Å². The molecule has 0 unspecified atom stereocenters. The SMILES string of the molecule is CNc1nc2c(OCC(F)(F)F)cccc2c2c1ccn2-c1ccccc1C. The van der Waals surface area contributed by atoms with Crippen LogP contribution in [0.3, 0.4) is 0 Å². The van der Waals surface area contributed by atoms with Crippen LogP contribution in [0.15, 0.2) is 54.7 Å². The van der Waals surface area contributed by atoms with Crippen molar-refractivity contribution in [1.82, 2.24) is 9.55 Å². The second kappa shape index (κ2) is 6.74. The van der Waals surface area contributed by atoms with E-state index in [0.717, 1.165) is 27.5 Å². The fourth-order valence-corrected chi connectivity index (χ4v) is 3.40. The van der Waals surface area contributed by atoms with Crippen molar-refractivity contribution < 1.29 is 17.9 Å². The highest BCUT2D eigenvalue weighted by Gasteiger charge is 2.29. The van der Waals surface area contributed by atoms with Crippen LogP contribution in [0.2, 0.25) is 0 Å². The number of pyridine rings is 1. The van der Waals surface area contributed by atoms with Gasteiger partial charge in [-0.1, -0.05) is 30.3 Å². The minimum Gasteiger partial charge on any atom is -0.482 e.